The number of hydrogen-bond donors (Lipinski definition) is 3. The topological polar surface area (TPSA) is 101 Å². The second kappa shape index (κ2) is 7.37. The van der Waals surface area contributed by atoms with Crippen LogP contribution in [-0.4, -0.2) is 27.9 Å². The fourth-order valence-corrected chi connectivity index (χ4v) is 2.58. The third-order valence-electron chi connectivity index (χ3n) is 2.97. The Kier molecular flexibility index (Phi) is 6.12. The SMILES string of the molecule is CCCC(CN)C(=O)Nc1cccc(S(=O)(=O)NC)c1. The van der Waals surface area contributed by atoms with Crippen LogP contribution in [0.5, 0.6) is 0 Å². The van der Waals surface area contributed by atoms with Crippen LogP contribution in [0.15, 0.2) is 29.2 Å². The Balaban J connectivity index is 2.89. The lowest BCUT2D eigenvalue weighted by Gasteiger charge is -2.14. The van der Waals surface area contributed by atoms with Gasteiger partial charge in [0.1, 0.15) is 0 Å². The Labute approximate surface area is 119 Å². The van der Waals surface area contributed by atoms with Crippen molar-refractivity contribution in [2.45, 2.75) is 24.7 Å². The summed E-state index contributed by atoms with van der Waals surface area (Å²) < 4.78 is 25.6. The predicted molar refractivity (Wildman–Crippen MR) is 78.8 cm³/mol. The lowest BCUT2D eigenvalue weighted by molar-refractivity contribution is -0.119. The summed E-state index contributed by atoms with van der Waals surface area (Å²) in [6.07, 6.45) is 1.57. The van der Waals surface area contributed by atoms with Crippen LogP contribution in [-0.2, 0) is 14.8 Å². The zero-order valence-corrected chi connectivity index (χ0v) is 12.5. The number of anilines is 1. The number of rotatable bonds is 7. The van der Waals surface area contributed by atoms with Crippen molar-refractivity contribution in [3.63, 3.8) is 0 Å². The van der Waals surface area contributed by atoms with E-state index in [4.69, 9.17) is 5.73 Å². The van der Waals surface area contributed by atoms with Crippen LogP contribution in [0.2, 0.25) is 0 Å². The third-order valence-corrected chi connectivity index (χ3v) is 4.39. The Morgan fingerprint density at radius 1 is 1.40 bits per heavy atom. The second-order valence-corrected chi connectivity index (χ2v) is 6.33. The van der Waals surface area contributed by atoms with Crippen molar-refractivity contribution in [1.29, 1.82) is 0 Å². The van der Waals surface area contributed by atoms with E-state index in [1.165, 1.54) is 19.2 Å². The molecule has 1 amide bonds. The molecule has 1 atom stereocenters. The smallest absolute Gasteiger partial charge is 0.240 e. The van der Waals surface area contributed by atoms with Gasteiger partial charge in [-0.2, -0.15) is 0 Å². The van der Waals surface area contributed by atoms with Gasteiger partial charge in [-0.1, -0.05) is 19.4 Å². The van der Waals surface area contributed by atoms with E-state index < -0.39 is 10.0 Å². The molecule has 0 radical (unpaired) electrons. The van der Waals surface area contributed by atoms with Gasteiger partial charge in [-0.05, 0) is 31.7 Å². The first-order chi connectivity index (χ1) is 9.44. The average molecular weight is 299 g/mol. The highest BCUT2D eigenvalue weighted by atomic mass is 32.2. The molecule has 1 unspecified atom stereocenters. The zero-order valence-electron chi connectivity index (χ0n) is 11.7. The summed E-state index contributed by atoms with van der Waals surface area (Å²) in [5, 5.41) is 2.70. The fraction of sp³-hybridized carbons (Fsp3) is 0.462. The second-order valence-electron chi connectivity index (χ2n) is 4.45. The Morgan fingerprint density at radius 2 is 2.10 bits per heavy atom. The molecule has 0 saturated carbocycles. The number of amides is 1. The van der Waals surface area contributed by atoms with E-state index in [0.717, 1.165) is 6.42 Å². The molecule has 20 heavy (non-hydrogen) atoms. The van der Waals surface area contributed by atoms with Crippen LogP contribution >= 0.6 is 0 Å². The van der Waals surface area contributed by atoms with Crippen LogP contribution < -0.4 is 15.8 Å². The molecular formula is C13H21N3O3S. The minimum Gasteiger partial charge on any atom is -0.330 e. The Bertz CT molecular complexity index is 558. The van der Waals surface area contributed by atoms with Crippen molar-refractivity contribution >= 4 is 21.6 Å². The largest absolute Gasteiger partial charge is 0.330 e. The molecule has 0 saturated heterocycles. The first-order valence-corrected chi connectivity index (χ1v) is 7.97. The van der Waals surface area contributed by atoms with Crippen molar-refractivity contribution in [3.8, 4) is 0 Å². The molecule has 6 nitrogen and oxygen atoms in total. The van der Waals surface area contributed by atoms with Gasteiger partial charge < -0.3 is 11.1 Å². The van der Waals surface area contributed by atoms with Gasteiger partial charge in [0.05, 0.1) is 10.8 Å². The number of sulfonamides is 1. The van der Waals surface area contributed by atoms with Gasteiger partial charge in [0.15, 0.2) is 0 Å². The zero-order chi connectivity index (χ0) is 15.2. The molecule has 7 heteroatoms. The maximum Gasteiger partial charge on any atom is 0.240 e. The summed E-state index contributed by atoms with van der Waals surface area (Å²) in [6, 6.07) is 6.11. The normalized spacial score (nSPS) is 12.9. The molecule has 0 spiro atoms. The van der Waals surface area contributed by atoms with E-state index in [-0.39, 0.29) is 23.3 Å². The molecule has 112 valence electrons. The van der Waals surface area contributed by atoms with Gasteiger partial charge in [0.2, 0.25) is 15.9 Å². The number of carbonyl (C=O) groups is 1. The van der Waals surface area contributed by atoms with Crippen molar-refractivity contribution in [2.24, 2.45) is 11.7 Å². The maximum atomic E-state index is 12.0. The molecule has 1 aromatic rings. The standard InChI is InChI=1S/C13H21N3O3S/c1-3-5-10(9-14)13(17)16-11-6-4-7-12(8-11)20(18,19)15-2/h4,6-8,10,15H,3,5,9,14H2,1-2H3,(H,16,17). The molecule has 0 aliphatic heterocycles. The summed E-state index contributed by atoms with van der Waals surface area (Å²) in [7, 11) is -2.18. The van der Waals surface area contributed by atoms with Crippen LogP contribution in [0.3, 0.4) is 0 Å². The molecule has 4 N–H and O–H groups in total. The monoisotopic (exact) mass is 299 g/mol. The lowest BCUT2D eigenvalue weighted by atomic mass is 10.0. The fourth-order valence-electron chi connectivity index (χ4n) is 1.81. The van der Waals surface area contributed by atoms with E-state index in [9.17, 15) is 13.2 Å². The van der Waals surface area contributed by atoms with E-state index in [2.05, 4.69) is 10.0 Å². The van der Waals surface area contributed by atoms with Crippen molar-refractivity contribution in [2.75, 3.05) is 18.9 Å². The average Bonchev–Trinajstić information content (AvgIpc) is 2.44. The van der Waals surface area contributed by atoms with E-state index in [1.807, 2.05) is 6.92 Å². The van der Waals surface area contributed by atoms with Crippen LogP contribution in [0.4, 0.5) is 5.69 Å². The molecule has 0 bridgehead atoms. The molecule has 1 rings (SSSR count). The lowest BCUT2D eigenvalue weighted by Crippen LogP contribution is -2.29. The van der Waals surface area contributed by atoms with Gasteiger partial charge in [0.25, 0.3) is 0 Å². The van der Waals surface area contributed by atoms with E-state index in [1.54, 1.807) is 12.1 Å². The van der Waals surface area contributed by atoms with Gasteiger partial charge in [-0.3, -0.25) is 4.79 Å². The molecule has 1 aromatic carbocycles. The van der Waals surface area contributed by atoms with Crippen molar-refractivity contribution < 1.29 is 13.2 Å². The number of carbonyl (C=O) groups excluding carboxylic acids is 1. The molecular weight excluding hydrogens is 278 g/mol. The van der Waals surface area contributed by atoms with Gasteiger partial charge in [-0.25, -0.2) is 13.1 Å². The number of nitrogens with two attached hydrogens (primary N) is 1. The quantitative estimate of drug-likeness (QED) is 0.696. The first-order valence-electron chi connectivity index (χ1n) is 6.49. The third kappa shape index (κ3) is 4.29. The van der Waals surface area contributed by atoms with Crippen molar-refractivity contribution in [3.05, 3.63) is 24.3 Å². The van der Waals surface area contributed by atoms with E-state index >= 15 is 0 Å². The molecule has 0 heterocycles. The van der Waals surface area contributed by atoms with Gasteiger partial charge >= 0.3 is 0 Å². The number of benzene rings is 1. The highest BCUT2D eigenvalue weighted by Crippen LogP contribution is 2.16. The summed E-state index contributed by atoms with van der Waals surface area (Å²) in [5.74, 6) is -0.446. The molecule has 0 fully saturated rings. The minimum absolute atomic E-state index is 0.109. The summed E-state index contributed by atoms with van der Waals surface area (Å²) >= 11 is 0. The van der Waals surface area contributed by atoms with E-state index in [0.29, 0.717) is 12.1 Å². The first kappa shape index (κ1) is 16.6. The number of nitrogens with one attached hydrogen (secondary N) is 2. The summed E-state index contributed by atoms with van der Waals surface area (Å²) in [5.41, 5.74) is 6.01. The maximum absolute atomic E-state index is 12.0. The molecule has 0 aliphatic rings. The molecule has 0 aromatic heterocycles. The highest BCUT2D eigenvalue weighted by molar-refractivity contribution is 7.89. The van der Waals surface area contributed by atoms with Crippen LogP contribution in [0, 0.1) is 5.92 Å². The Hall–Kier alpha value is -1.44. The summed E-state index contributed by atoms with van der Waals surface area (Å²) in [4.78, 5) is 12.1. The van der Waals surface area contributed by atoms with Gasteiger partial charge in [0, 0.05) is 12.2 Å². The van der Waals surface area contributed by atoms with Crippen LogP contribution in [0.25, 0.3) is 0 Å². The Morgan fingerprint density at radius 3 is 2.65 bits per heavy atom. The van der Waals surface area contributed by atoms with Crippen LogP contribution in [0.1, 0.15) is 19.8 Å². The van der Waals surface area contributed by atoms with Crippen molar-refractivity contribution in [1.82, 2.24) is 4.72 Å². The minimum atomic E-state index is -3.52. The highest BCUT2D eigenvalue weighted by Gasteiger charge is 2.17. The summed E-state index contributed by atoms with van der Waals surface area (Å²) in [6.45, 7) is 2.25. The number of hydrogen-bond acceptors (Lipinski definition) is 4. The molecule has 0 aliphatic carbocycles. The van der Waals surface area contributed by atoms with Gasteiger partial charge in [-0.15, -0.1) is 0 Å². The predicted octanol–water partition coefficient (Wildman–Crippen LogP) is 0.908.